The van der Waals surface area contributed by atoms with Crippen LogP contribution in [0.1, 0.15) is 129 Å². The zero-order chi connectivity index (χ0) is 43.7. The van der Waals surface area contributed by atoms with E-state index in [1.807, 2.05) is 12.2 Å². The zero-order valence-electron chi connectivity index (χ0n) is 37.0. The number of carbonyl (C=O) groups is 2. The molecule has 2 atom stereocenters. The average molecular weight is 832 g/mol. The predicted octanol–water partition coefficient (Wildman–Crippen LogP) is 13.0. The molecule has 61 heavy (non-hydrogen) atoms. The van der Waals surface area contributed by atoms with Crippen LogP contribution < -0.4 is 11.0 Å². The first-order chi connectivity index (χ1) is 30.0. The second kappa shape index (κ2) is 37.8. The fourth-order valence-corrected chi connectivity index (χ4v) is 5.87. The number of ether oxygens (including phenoxy) is 2. The molecule has 0 saturated carbocycles. The molecule has 1 aromatic heterocycles. The molecule has 0 aliphatic carbocycles. The Labute approximate surface area is 367 Å². The molecule has 0 aromatic carbocycles. The molecule has 0 bridgehead atoms. The van der Waals surface area contributed by atoms with Crippen molar-refractivity contribution in [2.45, 2.75) is 135 Å². The highest BCUT2D eigenvalue weighted by molar-refractivity contribution is 5.90. The normalized spacial score (nSPS) is 16.8. The number of nitrogens with one attached hydrogen (secondary N) is 1. The summed E-state index contributed by atoms with van der Waals surface area (Å²) in [5.41, 5.74) is -0.483. The van der Waals surface area contributed by atoms with Crippen molar-refractivity contribution in [2.75, 3.05) is 18.5 Å². The summed E-state index contributed by atoms with van der Waals surface area (Å²) in [4.78, 5) is 41.5. The fraction of sp³-hybridized carbons (Fsp3) is 0.434. The average Bonchev–Trinajstić information content (AvgIpc) is 3.73. The third kappa shape index (κ3) is 29.7. The lowest BCUT2D eigenvalue weighted by atomic mass is 10.2. The van der Waals surface area contributed by atoms with E-state index in [1.165, 1.54) is 4.57 Å². The Morgan fingerprint density at radius 2 is 1.08 bits per heavy atom. The molecule has 8 heteroatoms. The van der Waals surface area contributed by atoms with Gasteiger partial charge in [0.15, 0.2) is 5.78 Å². The number of nitrogens with zero attached hydrogens (tertiary/aromatic N) is 2. The minimum Gasteiger partial charge on any atom is -0.378 e. The van der Waals surface area contributed by atoms with Gasteiger partial charge in [0.25, 0.3) is 0 Å². The summed E-state index contributed by atoms with van der Waals surface area (Å²) in [6.07, 6.45) is 65.8. The maximum atomic E-state index is 12.8. The number of allylic oxidation sites excluding steroid dienone is 24. The molecule has 0 spiro atoms. The van der Waals surface area contributed by atoms with E-state index in [-0.39, 0.29) is 23.6 Å². The molecule has 1 fully saturated rings. The van der Waals surface area contributed by atoms with E-state index in [2.05, 4.69) is 152 Å². The van der Waals surface area contributed by atoms with Crippen molar-refractivity contribution < 1.29 is 19.1 Å². The first kappa shape index (κ1) is 52.0. The van der Waals surface area contributed by atoms with Gasteiger partial charge in [0, 0.05) is 19.0 Å². The Balaban J connectivity index is 1.51. The quantitative estimate of drug-likeness (QED) is 0.0430. The van der Waals surface area contributed by atoms with Crippen molar-refractivity contribution in [3.05, 3.63) is 169 Å². The van der Waals surface area contributed by atoms with Gasteiger partial charge >= 0.3 is 5.69 Å². The number of rotatable bonds is 33. The van der Waals surface area contributed by atoms with E-state index >= 15 is 0 Å². The van der Waals surface area contributed by atoms with Crippen molar-refractivity contribution in [3.63, 3.8) is 0 Å². The topological polar surface area (TPSA) is 99.5 Å². The van der Waals surface area contributed by atoms with Gasteiger partial charge in [-0.25, -0.2) is 4.79 Å². The van der Waals surface area contributed by atoms with Gasteiger partial charge in [-0.05, 0) is 108 Å². The monoisotopic (exact) mass is 832 g/mol. The molecular weight excluding hydrogens is 759 g/mol. The van der Waals surface area contributed by atoms with Crippen molar-refractivity contribution in [2.24, 2.45) is 0 Å². The minimum atomic E-state index is -0.483. The summed E-state index contributed by atoms with van der Waals surface area (Å²) in [7, 11) is 0. The van der Waals surface area contributed by atoms with E-state index in [1.54, 1.807) is 18.3 Å². The predicted molar refractivity (Wildman–Crippen MR) is 256 cm³/mol. The molecule has 1 aliphatic rings. The zero-order valence-corrected chi connectivity index (χ0v) is 37.0. The number of carbonyl (C=O) groups excluding carboxylic acids is 2. The van der Waals surface area contributed by atoms with Gasteiger partial charge < -0.3 is 14.8 Å². The van der Waals surface area contributed by atoms with Crippen LogP contribution in [-0.4, -0.2) is 40.6 Å². The van der Waals surface area contributed by atoms with Gasteiger partial charge in [-0.3, -0.25) is 14.2 Å². The second-order valence-corrected chi connectivity index (χ2v) is 14.4. The Morgan fingerprint density at radius 1 is 0.639 bits per heavy atom. The minimum absolute atomic E-state index is 0.0241. The molecule has 0 radical (unpaired) electrons. The molecule has 2 heterocycles. The third-order valence-corrected chi connectivity index (χ3v) is 9.16. The standard InChI is InChI=1S/C53H73N3O5/c1-3-5-7-9-11-13-15-17-19-21-22-24-26-28-30-32-34-36-38-40-51(58)54-50-43-45-56(53(59)55-50)52-42-41-49(61-52)47-60-46-44-48(57)39-37-35-33-31-29-27-25-23-20-18-16-14-12-10-8-6-4-2/h5-8,11-14,17-20,22,24-25,27-28,30-31,33-34,36-37,39,43,45,49,52H,3-4,9-10,15-16,21,23,26,29,32,35,38,40-42,44,46-47H2,1-2H3,(H,54,55,58,59)/b7-5-,8-6-,13-11-,14-12-,19-17-,20-18-,24-22-,27-25-,30-28-,33-31-,36-34-,39-37-/t49-,52?/m0/s1. The van der Waals surface area contributed by atoms with E-state index in [0.29, 0.717) is 45.3 Å². The van der Waals surface area contributed by atoms with Crippen LogP contribution in [0.3, 0.4) is 0 Å². The first-order valence-electron chi connectivity index (χ1n) is 22.5. The van der Waals surface area contributed by atoms with Crippen LogP contribution in [0.5, 0.6) is 0 Å². The Hall–Kier alpha value is -5.18. The summed E-state index contributed by atoms with van der Waals surface area (Å²) >= 11 is 0. The molecule has 1 aliphatic heterocycles. The van der Waals surface area contributed by atoms with Crippen LogP contribution in [0, 0.1) is 0 Å². The van der Waals surface area contributed by atoms with Crippen LogP contribution in [-0.2, 0) is 19.1 Å². The van der Waals surface area contributed by atoms with Gasteiger partial charge in [-0.15, -0.1) is 0 Å². The lowest BCUT2D eigenvalue weighted by Gasteiger charge is -2.16. The maximum Gasteiger partial charge on any atom is 0.351 e. The second-order valence-electron chi connectivity index (χ2n) is 14.4. The van der Waals surface area contributed by atoms with E-state index in [0.717, 1.165) is 77.0 Å². The van der Waals surface area contributed by atoms with Crippen molar-refractivity contribution in [1.29, 1.82) is 0 Å². The van der Waals surface area contributed by atoms with Gasteiger partial charge in [0.2, 0.25) is 5.91 Å². The van der Waals surface area contributed by atoms with Crippen LogP contribution in [0.2, 0.25) is 0 Å². The smallest absolute Gasteiger partial charge is 0.351 e. The van der Waals surface area contributed by atoms with Gasteiger partial charge in [0.1, 0.15) is 12.0 Å². The lowest BCUT2D eigenvalue weighted by Crippen LogP contribution is -2.28. The summed E-state index contributed by atoms with van der Waals surface area (Å²) in [5, 5.41) is 2.72. The van der Waals surface area contributed by atoms with Crippen molar-refractivity contribution in [1.82, 2.24) is 9.55 Å². The van der Waals surface area contributed by atoms with E-state index in [4.69, 9.17) is 9.47 Å². The van der Waals surface area contributed by atoms with Crippen LogP contribution in [0.25, 0.3) is 0 Å². The lowest BCUT2D eigenvalue weighted by molar-refractivity contribution is -0.117. The summed E-state index contributed by atoms with van der Waals surface area (Å²) in [6, 6.07) is 1.62. The molecule has 1 aromatic rings. The van der Waals surface area contributed by atoms with Crippen LogP contribution >= 0.6 is 0 Å². The molecule has 1 saturated heterocycles. The molecule has 1 amide bonds. The highest BCUT2D eigenvalue weighted by Crippen LogP contribution is 2.27. The van der Waals surface area contributed by atoms with E-state index in [9.17, 15) is 14.4 Å². The molecule has 2 rings (SSSR count). The molecule has 8 nitrogen and oxygen atoms in total. The SMILES string of the molecule is CC/C=C\C/C=C\C/C=C\C/C=C\C/C=C\C/C=C\CCC(=O)Nc1ccn(C2CC[C@@H](COCCC(=O)/C=C\C/C=C\C/C=C\C/C=C\C/C=C\C/C=C\CC)O2)c(=O)n1. The number of aromatic nitrogens is 2. The largest absolute Gasteiger partial charge is 0.378 e. The highest BCUT2D eigenvalue weighted by atomic mass is 16.6. The summed E-state index contributed by atoms with van der Waals surface area (Å²) < 4.78 is 13.2. The first-order valence-corrected chi connectivity index (χ1v) is 22.5. The van der Waals surface area contributed by atoms with Gasteiger partial charge in [-0.2, -0.15) is 4.98 Å². The Kier molecular flexibility index (Phi) is 32.2. The summed E-state index contributed by atoms with van der Waals surface area (Å²) in [5.74, 6) is 0.0531. The fourth-order valence-electron chi connectivity index (χ4n) is 5.87. The van der Waals surface area contributed by atoms with E-state index < -0.39 is 11.9 Å². The number of ketones is 1. The molecular formula is C53H73N3O5. The number of hydrogen-bond acceptors (Lipinski definition) is 6. The molecule has 1 unspecified atom stereocenters. The maximum absolute atomic E-state index is 12.8. The third-order valence-electron chi connectivity index (χ3n) is 9.16. The van der Waals surface area contributed by atoms with Crippen molar-refractivity contribution >= 4 is 17.5 Å². The number of anilines is 1. The summed E-state index contributed by atoms with van der Waals surface area (Å²) in [6.45, 7) is 4.95. The van der Waals surface area contributed by atoms with Crippen LogP contribution in [0.15, 0.2) is 163 Å². The number of amides is 1. The Bertz CT molecular complexity index is 1760. The van der Waals surface area contributed by atoms with Gasteiger partial charge in [0.05, 0.1) is 19.3 Å². The molecule has 330 valence electrons. The van der Waals surface area contributed by atoms with Gasteiger partial charge in [-0.1, -0.05) is 154 Å². The van der Waals surface area contributed by atoms with Crippen LogP contribution in [0.4, 0.5) is 5.82 Å². The molecule has 1 N–H and O–H groups in total. The highest BCUT2D eigenvalue weighted by Gasteiger charge is 2.27. The van der Waals surface area contributed by atoms with Crippen molar-refractivity contribution in [3.8, 4) is 0 Å². The Morgan fingerprint density at radius 3 is 1.54 bits per heavy atom. The number of hydrogen-bond donors (Lipinski definition) is 1.